The van der Waals surface area contributed by atoms with E-state index in [1.807, 2.05) is 0 Å². The summed E-state index contributed by atoms with van der Waals surface area (Å²) in [5.74, 6) is 0.0340. The van der Waals surface area contributed by atoms with E-state index >= 15 is 0 Å². The molecule has 1 rings (SSSR count). The van der Waals surface area contributed by atoms with Gasteiger partial charge in [-0.1, -0.05) is 0 Å². The summed E-state index contributed by atoms with van der Waals surface area (Å²) in [4.78, 5) is -0.371. The zero-order valence-corrected chi connectivity index (χ0v) is 9.34. The Bertz CT molecular complexity index is 496. The zero-order valence-electron chi connectivity index (χ0n) is 7.71. The second-order valence-electron chi connectivity index (χ2n) is 2.61. The summed E-state index contributed by atoms with van der Waals surface area (Å²) in [5, 5.41) is 4.91. The van der Waals surface area contributed by atoms with Gasteiger partial charge >= 0.3 is 0 Å². The Kier molecular flexibility index (Phi) is 3.45. The second kappa shape index (κ2) is 4.27. The molecule has 0 fully saturated rings. The largest absolute Gasteiger partial charge is 0.495 e. The SMILES string of the molecule is COc1ccc(S(=O)O)cc1S(N)(=O)=O. The van der Waals surface area contributed by atoms with Crippen LogP contribution in [-0.4, -0.2) is 24.3 Å². The normalized spacial score (nSPS) is 13.5. The number of methoxy groups -OCH3 is 1. The number of rotatable bonds is 3. The molecule has 3 N–H and O–H groups in total. The van der Waals surface area contributed by atoms with Gasteiger partial charge in [0.15, 0.2) is 11.1 Å². The van der Waals surface area contributed by atoms with E-state index in [-0.39, 0.29) is 15.5 Å². The van der Waals surface area contributed by atoms with Crippen LogP contribution in [0.3, 0.4) is 0 Å². The average molecular weight is 251 g/mol. The molecule has 0 saturated carbocycles. The zero-order chi connectivity index (χ0) is 11.6. The predicted molar refractivity (Wildman–Crippen MR) is 53.4 cm³/mol. The molecule has 1 unspecified atom stereocenters. The fourth-order valence-corrected chi connectivity index (χ4v) is 2.19. The summed E-state index contributed by atoms with van der Waals surface area (Å²) in [6.07, 6.45) is 0. The van der Waals surface area contributed by atoms with E-state index in [9.17, 15) is 12.6 Å². The summed E-state index contributed by atoms with van der Waals surface area (Å²) in [5.41, 5.74) is 0. The topological polar surface area (TPSA) is 107 Å². The number of primary sulfonamides is 1. The van der Waals surface area contributed by atoms with E-state index in [4.69, 9.17) is 14.4 Å². The quantitative estimate of drug-likeness (QED) is 0.731. The van der Waals surface area contributed by atoms with E-state index < -0.39 is 21.1 Å². The molecule has 1 atom stereocenters. The molecule has 0 bridgehead atoms. The first kappa shape index (κ1) is 12.1. The monoisotopic (exact) mass is 251 g/mol. The molecule has 0 aromatic heterocycles. The Balaban J connectivity index is 3.46. The van der Waals surface area contributed by atoms with Crippen molar-refractivity contribution < 1.29 is 21.9 Å². The number of ether oxygens (including phenoxy) is 1. The van der Waals surface area contributed by atoms with Gasteiger partial charge in [-0.25, -0.2) is 17.8 Å². The summed E-state index contributed by atoms with van der Waals surface area (Å²) in [6, 6.07) is 3.55. The van der Waals surface area contributed by atoms with Gasteiger partial charge in [-0.2, -0.15) is 0 Å². The standard InChI is InChI=1S/C7H9NO5S2/c1-13-6-3-2-5(14(9)10)4-7(6)15(8,11)12/h2-4H,1H3,(H,9,10)(H2,8,11,12). The molecule has 1 aromatic carbocycles. The Morgan fingerprint density at radius 3 is 2.47 bits per heavy atom. The highest BCUT2D eigenvalue weighted by Gasteiger charge is 2.16. The lowest BCUT2D eigenvalue weighted by molar-refractivity contribution is 0.402. The fraction of sp³-hybridized carbons (Fsp3) is 0.143. The van der Waals surface area contributed by atoms with Gasteiger partial charge in [-0.05, 0) is 18.2 Å². The van der Waals surface area contributed by atoms with Crippen LogP contribution in [0.15, 0.2) is 28.0 Å². The van der Waals surface area contributed by atoms with Crippen LogP contribution < -0.4 is 9.88 Å². The molecule has 0 heterocycles. The van der Waals surface area contributed by atoms with Crippen LogP contribution in [0.4, 0.5) is 0 Å². The fourth-order valence-electron chi connectivity index (χ4n) is 0.988. The molecule has 6 nitrogen and oxygen atoms in total. The first-order valence-electron chi connectivity index (χ1n) is 3.68. The van der Waals surface area contributed by atoms with Gasteiger partial charge in [0.25, 0.3) is 0 Å². The molecule has 0 radical (unpaired) electrons. The maximum Gasteiger partial charge on any atom is 0.241 e. The molecule has 1 aromatic rings. The number of sulfonamides is 1. The van der Waals surface area contributed by atoms with Crippen molar-refractivity contribution >= 4 is 21.1 Å². The molecule has 8 heteroatoms. The third-order valence-corrected chi connectivity index (χ3v) is 3.23. The molecule has 0 aliphatic rings. The molecule has 0 spiro atoms. The summed E-state index contributed by atoms with van der Waals surface area (Å²) < 4.78 is 46.5. The molecular weight excluding hydrogens is 242 g/mol. The van der Waals surface area contributed by atoms with Crippen LogP contribution >= 0.6 is 0 Å². The predicted octanol–water partition coefficient (Wildman–Crippen LogP) is -0.0768. The van der Waals surface area contributed by atoms with Gasteiger partial charge in [0.2, 0.25) is 10.0 Å². The lowest BCUT2D eigenvalue weighted by Gasteiger charge is -2.06. The minimum absolute atomic E-state index is 0.0340. The van der Waals surface area contributed by atoms with Gasteiger partial charge in [0, 0.05) is 0 Å². The Labute approximate surface area is 89.4 Å². The van der Waals surface area contributed by atoms with Crippen molar-refractivity contribution in [2.24, 2.45) is 5.14 Å². The first-order valence-corrected chi connectivity index (χ1v) is 6.33. The van der Waals surface area contributed by atoms with Crippen molar-refractivity contribution in [3.63, 3.8) is 0 Å². The molecule has 84 valence electrons. The molecule has 0 saturated heterocycles. The van der Waals surface area contributed by atoms with Crippen LogP contribution in [0.25, 0.3) is 0 Å². The molecule has 0 aliphatic heterocycles. The van der Waals surface area contributed by atoms with E-state index in [0.29, 0.717) is 0 Å². The number of nitrogens with two attached hydrogens (primary N) is 1. The molecule has 15 heavy (non-hydrogen) atoms. The van der Waals surface area contributed by atoms with Crippen LogP contribution in [0.2, 0.25) is 0 Å². The van der Waals surface area contributed by atoms with Crippen molar-refractivity contribution in [1.82, 2.24) is 0 Å². The minimum atomic E-state index is -3.97. The maximum atomic E-state index is 11.1. The number of benzene rings is 1. The Morgan fingerprint density at radius 2 is 2.07 bits per heavy atom. The average Bonchev–Trinajstić information content (AvgIpc) is 2.15. The second-order valence-corrected chi connectivity index (χ2v) is 5.11. The van der Waals surface area contributed by atoms with E-state index in [0.717, 1.165) is 6.07 Å². The third-order valence-electron chi connectivity index (χ3n) is 1.64. The van der Waals surface area contributed by atoms with Crippen LogP contribution in [0, 0.1) is 0 Å². The van der Waals surface area contributed by atoms with E-state index in [2.05, 4.69) is 0 Å². The Morgan fingerprint density at radius 1 is 1.47 bits per heavy atom. The number of hydrogen-bond donors (Lipinski definition) is 2. The maximum absolute atomic E-state index is 11.1. The van der Waals surface area contributed by atoms with Crippen molar-refractivity contribution in [2.75, 3.05) is 7.11 Å². The van der Waals surface area contributed by atoms with Crippen molar-refractivity contribution in [3.05, 3.63) is 18.2 Å². The van der Waals surface area contributed by atoms with Gasteiger partial charge in [0.1, 0.15) is 10.6 Å². The minimum Gasteiger partial charge on any atom is -0.495 e. The highest BCUT2D eigenvalue weighted by atomic mass is 32.2. The van der Waals surface area contributed by atoms with Gasteiger partial charge in [0.05, 0.1) is 12.0 Å². The lowest BCUT2D eigenvalue weighted by Crippen LogP contribution is -2.14. The van der Waals surface area contributed by atoms with Gasteiger partial charge in [-0.15, -0.1) is 0 Å². The smallest absolute Gasteiger partial charge is 0.241 e. The molecule has 0 aliphatic carbocycles. The third kappa shape index (κ3) is 2.75. The van der Waals surface area contributed by atoms with E-state index in [1.165, 1.54) is 19.2 Å². The van der Waals surface area contributed by atoms with Crippen molar-refractivity contribution in [2.45, 2.75) is 9.79 Å². The summed E-state index contributed by atoms with van der Waals surface area (Å²) >= 11 is -2.26. The number of hydrogen-bond acceptors (Lipinski definition) is 4. The molecule has 0 amide bonds. The molecular formula is C7H9NO5S2. The first-order chi connectivity index (χ1) is 6.86. The van der Waals surface area contributed by atoms with Gasteiger partial charge < -0.3 is 9.29 Å². The van der Waals surface area contributed by atoms with Crippen molar-refractivity contribution in [3.8, 4) is 5.75 Å². The Hall–Kier alpha value is -0.960. The van der Waals surface area contributed by atoms with Crippen molar-refractivity contribution in [1.29, 1.82) is 0 Å². The lowest BCUT2D eigenvalue weighted by atomic mass is 10.3. The van der Waals surface area contributed by atoms with Crippen LogP contribution in [0.5, 0.6) is 5.75 Å². The van der Waals surface area contributed by atoms with Crippen LogP contribution in [-0.2, 0) is 21.1 Å². The van der Waals surface area contributed by atoms with Crippen LogP contribution in [0.1, 0.15) is 0 Å². The summed E-state index contributed by atoms with van der Waals surface area (Å²) in [7, 11) is -2.69. The highest BCUT2D eigenvalue weighted by Crippen LogP contribution is 2.24. The van der Waals surface area contributed by atoms with Gasteiger partial charge in [-0.3, -0.25) is 0 Å². The summed E-state index contributed by atoms with van der Waals surface area (Å²) in [6.45, 7) is 0. The van der Waals surface area contributed by atoms with E-state index in [1.54, 1.807) is 0 Å². The highest BCUT2D eigenvalue weighted by molar-refractivity contribution is 7.89.